The van der Waals surface area contributed by atoms with Gasteiger partial charge in [0.2, 0.25) is 5.95 Å². The minimum absolute atomic E-state index is 0.0469. The molecule has 0 N–H and O–H groups in total. The van der Waals surface area contributed by atoms with E-state index >= 15 is 0 Å². The van der Waals surface area contributed by atoms with E-state index in [2.05, 4.69) is 19.7 Å². The van der Waals surface area contributed by atoms with E-state index in [4.69, 9.17) is 4.74 Å². The molecule has 1 aromatic carbocycles. The van der Waals surface area contributed by atoms with Gasteiger partial charge in [-0.15, -0.1) is 10.2 Å². The number of halogens is 2. The van der Waals surface area contributed by atoms with E-state index in [1.54, 1.807) is 6.07 Å². The fourth-order valence-electron chi connectivity index (χ4n) is 2.97. The van der Waals surface area contributed by atoms with Crippen LogP contribution in [0.2, 0.25) is 0 Å². The number of hydrogen-bond donors (Lipinski definition) is 0. The summed E-state index contributed by atoms with van der Waals surface area (Å²) in [5.74, 6) is -0.745. The molecule has 0 radical (unpaired) electrons. The van der Waals surface area contributed by atoms with E-state index in [0.29, 0.717) is 19.3 Å². The van der Waals surface area contributed by atoms with Crippen molar-refractivity contribution in [1.29, 1.82) is 0 Å². The molecule has 2 fully saturated rings. The lowest BCUT2D eigenvalue weighted by Gasteiger charge is -2.28. The highest BCUT2D eigenvalue weighted by Gasteiger charge is 2.32. The molecular weight excluding hydrogens is 346 g/mol. The number of ether oxygens (including phenoxy) is 1. The van der Waals surface area contributed by atoms with Crippen LogP contribution >= 0.6 is 11.8 Å². The molecule has 25 heavy (non-hydrogen) atoms. The molecule has 1 aromatic heterocycles. The van der Waals surface area contributed by atoms with Crippen molar-refractivity contribution in [2.24, 2.45) is 0 Å². The molecule has 0 spiro atoms. The highest BCUT2D eigenvalue weighted by atomic mass is 32.2. The lowest BCUT2D eigenvalue weighted by atomic mass is 10.1. The Bertz CT molecular complexity index is 759. The zero-order chi connectivity index (χ0) is 17.4. The number of thioether (sulfide) groups is 1. The van der Waals surface area contributed by atoms with E-state index in [0.717, 1.165) is 42.6 Å². The molecule has 1 atom stereocenters. The fraction of sp³-hybridized carbons (Fsp3) is 0.529. The van der Waals surface area contributed by atoms with Gasteiger partial charge < -0.3 is 9.64 Å². The number of aromatic nitrogens is 3. The van der Waals surface area contributed by atoms with Crippen molar-refractivity contribution in [2.45, 2.75) is 36.2 Å². The molecule has 1 aliphatic heterocycles. The summed E-state index contributed by atoms with van der Waals surface area (Å²) in [6, 6.07) is 4.49. The predicted octanol–water partition coefficient (Wildman–Crippen LogP) is 3.58. The number of benzene rings is 1. The van der Waals surface area contributed by atoms with Crippen LogP contribution in [0.3, 0.4) is 0 Å². The first-order valence-corrected chi connectivity index (χ1v) is 9.40. The molecule has 0 amide bonds. The van der Waals surface area contributed by atoms with Crippen LogP contribution in [-0.4, -0.2) is 41.1 Å². The van der Waals surface area contributed by atoms with Crippen molar-refractivity contribution >= 4 is 17.7 Å². The minimum atomic E-state index is -0.822. The molecule has 4 rings (SSSR count). The van der Waals surface area contributed by atoms with Gasteiger partial charge in [-0.1, -0.05) is 17.8 Å². The highest BCUT2D eigenvalue weighted by molar-refractivity contribution is 7.99. The van der Waals surface area contributed by atoms with Crippen LogP contribution < -0.4 is 4.90 Å². The van der Waals surface area contributed by atoms with Crippen LogP contribution in [0.5, 0.6) is 0 Å². The minimum Gasteiger partial charge on any atom is -0.378 e. The van der Waals surface area contributed by atoms with Crippen molar-refractivity contribution in [1.82, 2.24) is 14.8 Å². The predicted molar refractivity (Wildman–Crippen MR) is 92.0 cm³/mol. The number of hydrogen-bond acceptors (Lipinski definition) is 5. The SMILES string of the molecule is C[C@H](Sc1nnc(N2CCOCC2)n1C1CC1)c1ccc(F)c(F)c1. The van der Waals surface area contributed by atoms with Crippen molar-refractivity contribution in [3.63, 3.8) is 0 Å². The van der Waals surface area contributed by atoms with Crippen molar-refractivity contribution in [3.05, 3.63) is 35.4 Å². The van der Waals surface area contributed by atoms with Crippen LogP contribution in [0.4, 0.5) is 14.7 Å². The van der Waals surface area contributed by atoms with Crippen LogP contribution in [0.15, 0.2) is 23.4 Å². The first kappa shape index (κ1) is 16.8. The summed E-state index contributed by atoms with van der Waals surface area (Å²) in [5, 5.41) is 9.58. The molecule has 8 heteroatoms. The van der Waals surface area contributed by atoms with E-state index in [1.165, 1.54) is 23.9 Å². The monoisotopic (exact) mass is 366 g/mol. The molecule has 1 saturated heterocycles. The van der Waals surface area contributed by atoms with Crippen LogP contribution in [-0.2, 0) is 4.74 Å². The van der Waals surface area contributed by atoms with Crippen LogP contribution in [0.25, 0.3) is 0 Å². The Hall–Kier alpha value is -1.67. The molecule has 0 unspecified atom stereocenters. The van der Waals surface area contributed by atoms with E-state index in [-0.39, 0.29) is 5.25 Å². The van der Waals surface area contributed by atoms with Gasteiger partial charge in [0.05, 0.1) is 13.2 Å². The Morgan fingerprint density at radius 1 is 1.16 bits per heavy atom. The third kappa shape index (κ3) is 3.50. The van der Waals surface area contributed by atoms with E-state index in [1.807, 2.05) is 6.92 Å². The van der Waals surface area contributed by atoms with Gasteiger partial charge in [-0.2, -0.15) is 0 Å². The van der Waals surface area contributed by atoms with Gasteiger partial charge >= 0.3 is 0 Å². The summed E-state index contributed by atoms with van der Waals surface area (Å²) in [6.45, 7) is 5.00. The molecule has 5 nitrogen and oxygen atoms in total. The Kier molecular flexibility index (Phi) is 4.64. The molecule has 1 aliphatic carbocycles. The van der Waals surface area contributed by atoms with Gasteiger partial charge in [-0.25, -0.2) is 8.78 Å². The summed E-state index contributed by atoms with van der Waals surface area (Å²) in [5.41, 5.74) is 0.738. The average molecular weight is 366 g/mol. The molecule has 2 heterocycles. The topological polar surface area (TPSA) is 43.2 Å². The maximum atomic E-state index is 13.5. The second kappa shape index (κ2) is 6.92. The van der Waals surface area contributed by atoms with Crippen LogP contribution in [0, 0.1) is 11.6 Å². The molecular formula is C17H20F2N4OS. The molecule has 1 saturated carbocycles. The summed E-state index contributed by atoms with van der Waals surface area (Å²) < 4.78 is 34.3. The van der Waals surface area contributed by atoms with Gasteiger partial charge in [-0.3, -0.25) is 4.57 Å². The Morgan fingerprint density at radius 3 is 2.60 bits per heavy atom. The first-order valence-electron chi connectivity index (χ1n) is 8.52. The zero-order valence-corrected chi connectivity index (χ0v) is 14.8. The number of morpholine rings is 1. The smallest absolute Gasteiger partial charge is 0.228 e. The summed E-state index contributed by atoms with van der Waals surface area (Å²) in [7, 11) is 0. The summed E-state index contributed by atoms with van der Waals surface area (Å²) >= 11 is 1.53. The molecule has 0 bridgehead atoms. The third-order valence-electron chi connectivity index (χ3n) is 4.55. The van der Waals surface area contributed by atoms with Crippen molar-refractivity contribution in [2.75, 3.05) is 31.2 Å². The maximum absolute atomic E-state index is 13.5. The van der Waals surface area contributed by atoms with Gasteiger partial charge in [0.1, 0.15) is 0 Å². The van der Waals surface area contributed by atoms with Gasteiger partial charge in [0.15, 0.2) is 16.8 Å². The Balaban J connectivity index is 1.57. The van der Waals surface area contributed by atoms with Crippen LogP contribution in [0.1, 0.15) is 36.6 Å². The third-order valence-corrected chi connectivity index (χ3v) is 5.66. The number of anilines is 1. The largest absolute Gasteiger partial charge is 0.378 e. The van der Waals surface area contributed by atoms with Gasteiger partial charge in [0.25, 0.3) is 0 Å². The van der Waals surface area contributed by atoms with E-state index in [9.17, 15) is 8.78 Å². The lowest BCUT2D eigenvalue weighted by molar-refractivity contribution is 0.121. The number of nitrogens with zero attached hydrogens (tertiary/aromatic N) is 4. The Labute approximate surface area is 149 Å². The van der Waals surface area contributed by atoms with Crippen molar-refractivity contribution < 1.29 is 13.5 Å². The highest BCUT2D eigenvalue weighted by Crippen LogP contribution is 2.44. The second-order valence-corrected chi connectivity index (χ2v) is 7.72. The average Bonchev–Trinajstić information content (AvgIpc) is 3.38. The molecule has 2 aliphatic rings. The maximum Gasteiger partial charge on any atom is 0.228 e. The standard InChI is InChI=1S/C17H20F2N4OS/c1-11(12-2-5-14(18)15(19)10-12)25-17-21-20-16(23(17)13-3-4-13)22-6-8-24-9-7-22/h2,5,10-11,13H,3-4,6-9H2,1H3/t11-/m0/s1. The fourth-order valence-corrected chi connectivity index (χ4v) is 4.00. The summed E-state index contributed by atoms with van der Waals surface area (Å²) in [4.78, 5) is 2.21. The molecule has 2 aromatic rings. The first-order chi connectivity index (χ1) is 12.1. The number of rotatable bonds is 5. The lowest BCUT2D eigenvalue weighted by Crippen LogP contribution is -2.38. The second-order valence-electron chi connectivity index (χ2n) is 6.42. The Morgan fingerprint density at radius 2 is 1.92 bits per heavy atom. The van der Waals surface area contributed by atoms with Gasteiger partial charge in [-0.05, 0) is 37.5 Å². The van der Waals surface area contributed by atoms with Crippen molar-refractivity contribution in [3.8, 4) is 0 Å². The summed E-state index contributed by atoms with van der Waals surface area (Å²) in [6.07, 6.45) is 2.25. The normalized spacial score (nSPS) is 19.2. The molecule has 134 valence electrons. The zero-order valence-electron chi connectivity index (χ0n) is 14.0. The van der Waals surface area contributed by atoms with Gasteiger partial charge in [0, 0.05) is 24.4 Å². The quantitative estimate of drug-likeness (QED) is 0.757. The van der Waals surface area contributed by atoms with E-state index < -0.39 is 11.6 Å².